The van der Waals surface area contributed by atoms with Crippen LogP contribution >= 0.6 is 46.4 Å². The van der Waals surface area contributed by atoms with E-state index in [1.54, 1.807) is 24.3 Å². The summed E-state index contributed by atoms with van der Waals surface area (Å²) in [5.41, 5.74) is 1.02. The Hall–Kier alpha value is -2.25. The number of likely N-dealkylation sites (tertiary alicyclic amines) is 1. The Morgan fingerprint density at radius 2 is 1.61 bits per heavy atom. The van der Waals surface area contributed by atoms with Crippen LogP contribution in [0.3, 0.4) is 0 Å². The van der Waals surface area contributed by atoms with Crippen LogP contribution in [0.4, 0.5) is 11.4 Å². The molecule has 1 saturated heterocycles. The SMILES string of the molecule is CC1CCCCN1C(=O)c1ccc(NC2=C(Cl)C(=O)N(c3cc(Cl)c(Cl)cc3Cl)C2=O)cc1. The third-order valence-electron chi connectivity index (χ3n) is 5.72. The minimum absolute atomic E-state index is 0.0291. The second-order valence-corrected chi connectivity index (χ2v) is 9.50. The third-order valence-corrected chi connectivity index (χ3v) is 7.10. The molecule has 0 saturated carbocycles. The number of hydrogen-bond donors (Lipinski definition) is 1. The Morgan fingerprint density at radius 3 is 2.27 bits per heavy atom. The molecule has 0 bridgehead atoms. The predicted molar refractivity (Wildman–Crippen MR) is 131 cm³/mol. The maximum atomic E-state index is 13.0. The highest BCUT2D eigenvalue weighted by Crippen LogP contribution is 2.38. The van der Waals surface area contributed by atoms with E-state index in [1.807, 2.05) is 4.90 Å². The van der Waals surface area contributed by atoms with E-state index in [-0.39, 0.29) is 43.4 Å². The molecule has 2 aromatic carbocycles. The summed E-state index contributed by atoms with van der Waals surface area (Å²) >= 11 is 24.3. The van der Waals surface area contributed by atoms with Gasteiger partial charge in [0.05, 0.1) is 20.8 Å². The quantitative estimate of drug-likeness (QED) is 0.386. The van der Waals surface area contributed by atoms with Crippen LogP contribution in [0.15, 0.2) is 47.1 Å². The van der Waals surface area contributed by atoms with Gasteiger partial charge >= 0.3 is 0 Å². The number of amides is 3. The Balaban J connectivity index is 1.53. The van der Waals surface area contributed by atoms with Crippen molar-refractivity contribution in [2.45, 2.75) is 32.2 Å². The number of carbonyl (C=O) groups is 3. The van der Waals surface area contributed by atoms with Crippen LogP contribution in [0.1, 0.15) is 36.5 Å². The lowest BCUT2D eigenvalue weighted by atomic mass is 10.0. The molecule has 10 heteroatoms. The Bertz CT molecular complexity index is 1180. The molecule has 1 unspecified atom stereocenters. The first-order valence-corrected chi connectivity index (χ1v) is 11.8. The molecule has 33 heavy (non-hydrogen) atoms. The molecule has 0 radical (unpaired) electrons. The molecule has 2 aromatic rings. The van der Waals surface area contributed by atoms with Crippen molar-refractivity contribution in [2.24, 2.45) is 0 Å². The third kappa shape index (κ3) is 4.58. The second kappa shape index (κ2) is 9.55. The van der Waals surface area contributed by atoms with Gasteiger partial charge in [0.25, 0.3) is 17.7 Å². The highest BCUT2D eigenvalue weighted by molar-refractivity contribution is 6.54. The number of hydrogen-bond acceptors (Lipinski definition) is 4. The summed E-state index contributed by atoms with van der Waals surface area (Å²) in [6.45, 7) is 2.79. The van der Waals surface area contributed by atoms with E-state index in [4.69, 9.17) is 46.4 Å². The number of nitrogens with one attached hydrogen (secondary N) is 1. The number of benzene rings is 2. The summed E-state index contributed by atoms with van der Waals surface area (Å²) in [5.74, 6) is -1.46. The van der Waals surface area contributed by atoms with Crippen molar-refractivity contribution < 1.29 is 14.4 Å². The number of rotatable bonds is 4. The average molecular weight is 527 g/mol. The molecule has 4 rings (SSSR count). The van der Waals surface area contributed by atoms with Gasteiger partial charge in [-0.1, -0.05) is 46.4 Å². The van der Waals surface area contributed by atoms with E-state index in [9.17, 15) is 14.4 Å². The first kappa shape index (κ1) is 23.9. The molecule has 1 fully saturated rings. The zero-order valence-electron chi connectivity index (χ0n) is 17.5. The Labute approximate surface area is 211 Å². The Morgan fingerprint density at radius 1 is 0.939 bits per heavy atom. The Kier molecular flexibility index (Phi) is 6.91. The fraction of sp³-hybridized carbons (Fsp3) is 0.261. The van der Waals surface area contributed by atoms with Crippen LogP contribution < -0.4 is 10.2 Å². The molecule has 172 valence electrons. The monoisotopic (exact) mass is 525 g/mol. The lowest BCUT2D eigenvalue weighted by molar-refractivity contribution is -0.120. The molecule has 0 spiro atoms. The molecule has 1 N–H and O–H groups in total. The molecule has 3 amide bonds. The topological polar surface area (TPSA) is 69.7 Å². The zero-order chi connectivity index (χ0) is 23.9. The fourth-order valence-corrected chi connectivity index (χ4v) is 4.76. The maximum Gasteiger partial charge on any atom is 0.283 e. The summed E-state index contributed by atoms with van der Waals surface area (Å²) in [6.07, 6.45) is 3.12. The van der Waals surface area contributed by atoms with Crippen molar-refractivity contribution in [1.29, 1.82) is 0 Å². The molecule has 6 nitrogen and oxygen atoms in total. The van der Waals surface area contributed by atoms with Crippen molar-refractivity contribution >= 4 is 75.5 Å². The predicted octanol–water partition coefficient (Wildman–Crippen LogP) is 6.10. The second-order valence-electron chi connectivity index (χ2n) is 7.90. The minimum Gasteiger partial charge on any atom is -0.350 e. The number of piperidine rings is 1. The summed E-state index contributed by atoms with van der Waals surface area (Å²) in [7, 11) is 0. The van der Waals surface area contributed by atoms with Crippen LogP contribution in [-0.4, -0.2) is 35.2 Å². The number of halogens is 4. The van der Waals surface area contributed by atoms with Gasteiger partial charge in [0.1, 0.15) is 10.7 Å². The van der Waals surface area contributed by atoms with Gasteiger partial charge in [-0.2, -0.15) is 0 Å². The van der Waals surface area contributed by atoms with Crippen LogP contribution in [0.5, 0.6) is 0 Å². The summed E-state index contributed by atoms with van der Waals surface area (Å²) in [6, 6.07) is 9.55. The first-order chi connectivity index (χ1) is 15.7. The highest BCUT2D eigenvalue weighted by atomic mass is 35.5. The normalized spacial score (nSPS) is 18.9. The molecule has 1 atom stereocenters. The number of nitrogens with zero attached hydrogens (tertiary/aromatic N) is 2. The van der Waals surface area contributed by atoms with Crippen LogP contribution in [-0.2, 0) is 9.59 Å². The van der Waals surface area contributed by atoms with Crippen LogP contribution in [0.2, 0.25) is 15.1 Å². The zero-order valence-corrected chi connectivity index (χ0v) is 20.5. The van der Waals surface area contributed by atoms with Gasteiger partial charge in [0.15, 0.2) is 0 Å². The van der Waals surface area contributed by atoms with Crippen LogP contribution in [0, 0.1) is 0 Å². The van der Waals surface area contributed by atoms with Gasteiger partial charge in [-0.3, -0.25) is 14.4 Å². The van der Waals surface area contributed by atoms with E-state index < -0.39 is 11.8 Å². The molecular formula is C23H19Cl4N3O3. The molecule has 2 aliphatic rings. The van der Waals surface area contributed by atoms with Crippen molar-refractivity contribution in [3.05, 3.63) is 67.8 Å². The van der Waals surface area contributed by atoms with Crippen LogP contribution in [0.25, 0.3) is 0 Å². The van der Waals surface area contributed by atoms with Gasteiger partial charge in [0.2, 0.25) is 0 Å². The molecular weight excluding hydrogens is 508 g/mol. The number of anilines is 2. The summed E-state index contributed by atoms with van der Waals surface area (Å²) in [4.78, 5) is 41.3. The molecule has 2 aliphatic heterocycles. The number of imide groups is 1. The smallest absolute Gasteiger partial charge is 0.283 e. The average Bonchev–Trinajstić information content (AvgIpc) is 3.00. The van der Waals surface area contributed by atoms with E-state index in [2.05, 4.69) is 12.2 Å². The van der Waals surface area contributed by atoms with Crippen molar-refractivity contribution in [3.8, 4) is 0 Å². The van der Waals surface area contributed by atoms with Crippen molar-refractivity contribution in [1.82, 2.24) is 4.90 Å². The van der Waals surface area contributed by atoms with E-state index >= 15 is 0 Å². The summed E-state index contributed by atoms with van der Waals surface area (Å²) < 4.78 is 0. The maximum absolute atomic E-state index is 13.0. The molecule has 0 aliphatic carbocycles. The summed E-state index contributed by atoms with van der Waals surface area (Å²) in [5, 5.41) is 2.99. The largest absolute Gasteiger partial charge is 0.350 e. The van der Waals surface area contributed by atoms with Gasteiger partial charge in [-0.25, -0.2) is 4.90 Å². The highest BCUT2D eigenvalue weighted by Gasteiger charge is 2.40. The number of carbonyl (C=O) groups excluding carboxylic acids is 3. The standard InChI is InChI=1S/C23H19Cl4N3O3/c1-12-4-2-3-9-29(12)21(31)13-5-7-14(8-6-13)28-20-19(27)22(32)30(23(20)33)18-11-16(25)15(24)10-17(18)26/h5-8,10-12,28H,2-4,9H2,1H3. The van der Waals surface area contributed by atoms with Gasteiger partial charge in [-0.05, 0) is 62.6 Å². The lowest BCUT2D eigenvalue weighted by Gasteiger charge is -2.33. The van der Waals surface area contributed by atoms with E-state index in [0.29, 0.717) is 11.3 Å². The molecule has 0 aromatic heterocycles. The molecule has 2 heterocycles. The minimum atomic E-state index is -0.740. The van der Waals surface area contributed by atoms with Gasteiger partial charge in [-0.15, -0.1) is 0 Å². The first-order valence-electron chi connectivity index (χ1n) is 10.3. The van der Waals surface area contributed by atoms with Crippen molar-refractivity contribution in [2.75, 3.05) is 16.8 Å². The van der Waals surface area contributed by atoms with E-state index in [1.165, 1.54) is 12.1 Å². The fourth-order valence-electron chi connectivity index (χ4n) is 3.92. The van der Waals surface area contributed by atoms with Gasteiger partial charge in [0, 0.05) is 23.8 Å². The lowest BCUT2D eigenvalue weighted by Crippen LogP contribution is -2.42. The van der Waals surface area contributed by atoms with E-state index in [0.717, 1.165) is 30.7 Å². The van der Waals surface area contributed by atoms with Crippen molar-refractivity contribution in [3.63, 3.8) is 0 Å². The van der Waals surface area contributed by atoms with Gasteiger partial charge < -0.3 is 10.2 Å².